The monoisotopic (exact) mass is 473 g/mol. The van der Waals surface area contributed by atoms with Crippen molar-refractivity contribution in [3.8, 4) is 5.75 Å². The largest absolute Gasteiger partial charge is 0.493 e. The fourth-order valence-electron chi connectivity index (χ4n) is 2.90. The summed E-state index contributed by atoms with van der Waals surface area (Å²) in [5.74, 6) is 0.671. The Morgan fingerprint density at radius 3 is 2.85 bits per heavy atom. The van der Waals surface area contributed by atoms with Crippen LogP contribution in [-0.2, 0) is 6.42 Å². The minimum atomic E-state index is -0.433. The van der Waals surface area contributed by atoms with E-state index in [4.69, 9.17) is 4.74 Å². The quantitative estimate of drug-likeness (QED) is 0.404. The smallest absolute Gasteiger partial charge is 0.191 e. The van der Waals surface area contributed by atoms with Gasteiger partial charge in [0.05, 0.1) is 12.6 Å². The van der Waals surface area contributed by atoms with Gasteiger partial charge in [-0.1, -0.05) is 18.2 Å². The lowest BCUT2D eigenvalue weighted by Gasteiger charge is -2.28. The number of nitrogens with one attached hydrogen (secondary N) is 2. The Morgan fingerprint density at radius 1 is 1.23 bits per heavy atom. The molecule has 0 saturated heterocycles. The second-order valence-electron chi connectivity index (χ2n) is 5.86. The zero-order valence-corrected chi connectivity index (χ0v) is 16.8. The normalized spacial score (nSPS) is 16.1. The number of guanidine groups is 1. The second-order valence-corrected chi connectivity index (χ2v) is 5.86. The van der Waals surface area contributed by atoms with Gasteiger partial charge in [-0.25, -0.2) is 8.78 Å². The van der Waals surface area contributed by atoms with Crippen molar-refractivity contribution in [2.24, 2.45) is 4.99 Å². The summed E-state index contributed by atoms with van der Waals surface area (Å²) in [5.41, 5.74) is 1.44. The van der Waals surface area contributed by atoms with Crippen molar-refractivity contribution in [1.29, 1.82) is 0 Å². The Hall–Kier alpha value is -1.90. The van der Waals surface area contributed by atoms with Gasteiger partial charge in [0.25, 0.3) is 0 Å². The molecule has 26 heavy (non-hydrogen) atoms. The number of nitrogens with zero attached hydrogens (tertiary/aromatic N) is 1. The van der Waals surface area contributed by atoms with Crippen LogP contribution in [0, 0.1) is 11.6 Å². The molecule has 1 heterocycles. The molecular weight excluding hydrogens is 451 g/mol. The van der Waals surface area contributed by atoms with E-state index in [1.165, 1.54) is 6.07 Å². The molecule has 2 N–H and O–H groups in total. The van der Waals surface area contributed by atoms with Crippen LogP contribution in [0.25, 0.3) is 0 Å². The first-order valence-electron chi connectivity index (χ1n) is 8.30. The lowest BCUT2D eigenvalue weighted by Crippen LogP contribution is -2.41. The van der Waals surface area contributed by atoms with Crippen LogP contribution >= 0.6 is 24.0 Å². The van der Waals surface area contributed by atoms with Crippen LogP contribution in [0.1, 0.15) is 23.6 Å². The van der Waals surface area contributed by atoms with E-state index in [1.807, 2.05) is 24.3 Å². The van der Waals surface area contributed by atoms with E-state index in [9.17, 15) is 8.78 Å². The predicted octanol–water partition coefficient (Wildman–Crippen LogP) is 3.81. The molecule has 0 radical (unpaired) electrons. The van der Waals surface area contributed by atoms with E-state index in [0.29, 0.717) is 31.1 Å². The fraction of sp³-hybridized carbons (Fsp3) is 0.316. The number of rotatable bonds is 4. The third kappa shape index (κ3) is 5.06. The lowest BCUT2D eigenvalue weighted by atomic mass is 10.0. The number of aliphatic imine (C=N–C) groups is 1. The van der Waals surface area contributed by atoms with Crippen molar-refractivity contribution in [2.75, 3.05) is 20.2 Å². The maximum Gasteiger partial charge on any atom is 0.191 e. The minimum absolute atomic E-state index is 0. The molecule has 0 saturated carbocycles. The van der Waals surface area contributed by atoms with E-state index in [1.54, 1.807) is 7.05 Å². The van der Waals surface area contributed by atoms with Crippen LogP contribution in [0.5, 0.6) is 5.75 Å². The number of ether oxygens (including phenoxy) is 1. The fourth-order valence-corrected chi connectivity index (χ4v) is 2.90. The molecule has 1 atom stereocenters. The molecule has 2 aromatic carbocycles. The average molecular weight is 473 g/mol. The van der Waals surface area contributed by atoms with Crippen LogP contribution in [-0.4, -0.2) is 26.2 Å². The lowest BCUT2D eigenvalue weighted by molar-refractivity contribution is 0.261. The standard InChI is InChI=1S/C19H21F2N3O.HI/c1-22-19(23-10-8-13-12-14(20)6-7-16(13)21)24-17-9-11-25-18-5-3-2-4-15(17)18;/h2-7,12,17H,8-11H2,1H3,(H2,22,23,24);1H. The summed E-state index contributed by atoms with van der Waals surface area (Å²) in [4.78, 5) is 4.21. The third-order valence-electron chi connectivity index (χ3n) is 4.19. The summed E-state index contributed by atoms with van der Waals surface area (Å²) in [5, 5.41) is 6.52. The molecule has 0 aromatic heterocycles. The van der Waals surface area contributed by atoms with E-state index in [2.05, 4.69) is 15.6 Å². The van der Waals surface area contributed by atoms with Crippen molar-refractivity contribution < 1.29 is 13.5 Å². The van der Waals surface area contributed by atoms with Crippen LogP contribution in [0.4, 0.5) is 8.78 Å². The highest BCUT2D eigenvalue weighted by atomic mass is 127. The van der Waals surface area contributed by atoms with Gasteiger partial charge in [0.15, 0.2) is 5.96 Å². The zero-order chi connectivity index (χ0) is 17.6. The number of halogens is 3. The molecule has 1 aliphatic heterocycles. The van der Waals surface area contributed by atoms with E-state index >= 15 is 0 Å². The number of hydrogen-bond donors (Lipinski definition) is 2. The SMILES string of the molecule is CN=C(NCCc1cc(F)ccc1F)NC1CCOc2ccccc21.I. The summed E-state index contributed by atoms with van der Waals surface area (Å²) in [6.07, 6.45) is 1.20. The Bertz CT molecular complexity index is 770. The summed E-state index contributed by atoms with van der Waals surface area (Å²) in [6.45, 7) is 1.09. The molecule has 1 aliphatic rings. The maximum absolute atomic E-state index is 13.7. The van der Waals surface area contributed by atoms with Crippen LogP contribution in [0.15, 0.2) is 47.5 Å². The predicted molar refractivity (Wildman–Crippen MR) is 109 cm³/mol. The minimum Gasteiger partial charge on any atom is -0.493 e. The van der Waals surface area contributed by atoms with Gasteiger partial charge in [-0.3, -0.25) is 4.99 Å². The van der Waals surface area contributed by atoms with Gasteiger partial charge >= 0.3 is 0 Å². The second kappa shape index (κ2) is 9.70. The highest BCUT2D eigenvalue weighted by Crippen LogP contribution is 2.31. The number of benzene rings is 2. The molecule has 140 valence electrons. The topological polar surface area (TPSA) is 45.7 Å². The molecule has 0 spiro atoms. The van der Waals surface area contributed by atoms with E-state index in [0.717, 1.165) is 29.9 Å². The summed E-state index contributed by atoms with van der Waals surface area (Å²) < 4.78 is 32.5. The highest BCUT2D eigenvalue weighted by Gasteiger charge is 2.21. The molecule has 0 fully saturated rings. The number of para-hydroxylation sites is 1. The molecule has 4 nitrogen and oxygen atoms in total. The van der Waals surface area contributed by atoms with Crippen LogP contribution in [0.3, 0.4) is 0 Å². The van der Waals surface area contributed by atoms with Crippen molar-refractivity contribution in [2.45, 2.75) is 18.9 Å². The van der Waals surface area contributed by atoms with Gasteiger partial charge < -0.3 is 15.4 Å². The van der Waals surface area contributed by atoms with Gasteiger partial charge in [-0.2, -0.15) is 0 Å². The Labute approximate surface area is 169 Å². The van der Waals surface area contributed by atoms with Crippen LogP contribution < -0.4 is 15.4 Å². The maximum atomic E-state index is 13.7. The first-order chi connectivity index (χ1) is 12.2. The molecule has 0 bridgehead atoms. The van der Waals surface area contributed by atoms with Crippen molar-refractivity contribution in [1.82, 2.24) is 10.6 Å². The molecule has 7 heteroatoms. The van der Waals surface area contributed by atoms with Gasteiger partial charge in [0.1, 0.15) is 17.4 Å². The first kappa shape index (κ1) is 20.4. The van der Waals surface area contributed by atoms with Gasteiger partial charge in [-0.05, 0) is 36.2 Å². The van der Waals surface area contributed by atoms with Gasteiger partial charge in [0.2, 0.25) is 0 Å². The molecule has 0 amide bonds. The number of fused-ring (bicyclic) bond motifs is 1. The van der Waals surface area contributed by atoms with E-state index in [-0.39, 0.29) is 30.0 Å². The van der Waals surface area contributed by atoms with Crippen LogP contribution in [0.2, 0.25) is 0 Å². The highest BCUT2D eigenvalue weighted by molar-refractivity contribution is 14.0. The summed E-state index contributed by atoms with van der Waals surface area (Å²) >= 11 is 0. The first-order valence-corrected chi connectivity index (χ1v) is 8.30. The number of hydrogen-bond acceptors (Lipinski definition) is 2. The molecule has 2 aromatic rings. The molecule has 0 aliphatic carbocycles. The zero-order valence-electron chi connectivity index (χ0n) is 14.5. The Balaban J connectivity index is 0.00000243. The van der Waals surface area contributed by atoms with Gasteiger partial charge in [-0.15, -0.1) is 24.0 Å². The van der Waals surface area contributed by atoms with Gasteiger partial charge in [0, 0.05) is 25.6 Å². The van der Waals surface area contributed by atoms with Crippen molar-refractivity contribution in [3.63, 3.8) is 0 Å². The van der Waals surface area contributed by atoms with E-state index < -0.39 is 11.6 Å². The molecular formula is C19H22F2IN3O. The molecule has 1 unspecified atom stereocenters. The third-order valence-corrected chi connectivity index (χ3v) is 4.19. The van der Waals surface area contributed by atoms with Crippen molar-refractivity contribution in [3.05, 3.63) is 65.2 Å². The average Bonchev–Trinajstić information content (AvgIpc) is 2.64. The summed E-state index contributed by atoms with van der Waals surface area (Å²) in [6, 6.07) is 11.5. The summed E-state index contributed by atoms with van der Waals surface area (Å²) in [7, 11) is 1.68. The Morgan fingerprint density at radius 2 is 2.04 bits per heavy atom. The Kier molecular flexibility index (Phi) is 7.62. The van der Waals surface area contributed by atoms with Crippen molar-refractivity contribution >= 4 is 29.9 Å². The molecule has 3 rings (SSSR count).